The Labute approximate surface area is 203 Å². The van der Waals surface area contributed by atoms with Crippen molar-refractivity contribution >= 4 is 29.5 Å². The largest absolute Gasteiger partial charge is 0.454 e. The maximum absolute atomic E-state index is 13.9. The molecule has 0 spiro atoms. The number of benzene rings is 2. The molecule has 2 aromatic rings. The first kappa shape index (κ1) is 25.7. The normalized spacial score (nSPS) is 14.3. The predicted octanol–water partition coefficient (Wildman–Crippen LogP) is 2.50. The van der Waals surface area contributed by atoms with Gasteiger partial charge in [-0.25, -0.2) is 14.0 Å². The molecule has 186 valence electrons. The Balaban J connectivity index is 1.46. The van der Waals surface area contributed by atoms with E-state index in [4.69, 9.17) is 4.74 Å². The Kier molecular flexibility index (Phi) is 8.77. The molecular formula is C25H29FN4O5. The van der Waals surface area contributed by atoms with Gasteiger partial charge >= 0.3 is 12.0 Å². The molecule has 1 fully saturated rings. The summed E-state index contributed by atoms with van der Waals surface area (Å²) in [6.45, 7) is 4.20. The standard InChI is InChI=1S/C25H29FN4O5/c1-17(2)22(28-23(32)19-10-6-7-11-20(19)26)24(33)35-16-21(31)29-12-14-30(15-13-29)25(34)27-18-8-4-3-5-9-18/h3-11,17,22H,12-16H2,1-2H3,(H,27,34)(H,28,32)/t22-/m0/s1. The van der Waals surface area contributed by atoms with Crippen LogP contribution in [-0.4, -0.2) is 72.4 Å². The SMILES string of the molecule is CC(C)[C@H](NC(=O)c1ccccc1F)C(=O)OCC(=O)N1CCN(C(=O)Nc2ccccc2)CC1. The molecule has 10 heteroatoms. The molecule has 0 unspecified atom stereocenters. The van der Waals surface area contributed by atoms with Crippen molar-refractivity contribution in [1.29, 1.82) is 0 Å². The Bertz CT molecular complexity index is 1050. The van der Waals surface area contributed by atoms with E-state index in [0.717, 1.165) is 6.07 Å². The fourth-order valence-corrected chi connectivity index (χ4v) is 3.56. The number of anilines is 1. The van der Waals surface area contributed by atoms with Crippen LogP contribution in [0.3, 0.4) is 0 Å². The molecule has 9 nitrogen and oxygen atoms in total. The van der Waals surface area contributed by atoms with Crippen LogP contribution in [0, 0.1) is 11.7 Å². The number of nitrogens with zero attached hydrogens (tertiary/aromatic N) is 2. The highest BCUT2D eigenvalue weighted by Gasteiger charge is 2.29. The van der Waals surface area contributed by atoms with Gasteiger partial charge in [0, 0.05) is 31.9 Å². The Morgan fingerprint density at radius 2 is 1.51 bits per heavy atom. The summed E-state index contributed by atoms with van der Waals surface area (Å²) in [5.41, 5.74) is 0.501. The van der Waals surface area contributed by atoms with Crippen LogP contribution < -0.4 is 10.6 Å². The minimum atomic E-state index is -1.05. The number of para-hydroxylation sites is 1. The maximum atomic E-state index is 13.9. The number of esters is 1. The molecule has 2 aromatic carbocycles. The molecule has 1 saturated heterocycles. The molecule has 0 saturated carbocycles. The summed E-state index contributed by atoms with van der Waals surface area (Å²) in [7, 11) is 0. The highest BCUT2D eigenvalue weighted by Crippen LogP contribution is 2.11. The summed E-state index contributed by atoms with van der Waals surface area (Å²) >= 11 is 0. The van der Waals surface area contributed by atoms with Gasteiger partial charge < -0.3 is 25.2 Å². The lowest BCUT2D eigenvalue weighted by molar-refractivity contribution is -0.155. The lowest BCUT2D eigenvalue weighted by Crippen LogP contribution is -2.53. The zero-order chi connectivity index (χ0) is 25.4. The van der Waals surface area contributed by atoms with Crippen LogP contribution in [-0.2, 0) is 14.3 Å². The van der Waals surface area contributed by atoms with E-state index in [1.165, 1.54) is 23.1 Å². The van der Waals surface area contributed by atoms with Gasteiger partial charge in [-0.05, 0) is 30.2 Å². The second kappa shape index (κ2) is 12.0. The predicted molar refractivity (Wildman–Crippen MR) is 127 cm³/mol. The topological polar surface area (TPSA) is 108 Å². The van der Waals surface area contributed by atoms with Gasteiger partial charge in [-0.3, -0.25) is 9.59 Å². The molecule has 1 aliphatic heterocycles. The minimum absolute atomic E-state index is 0.184. The molecule has 0 aromatic heterocycles. The lowest BCUT2D eigenvalue weighted by atomic mass is 10.0. The van der Waals surface area contributed by atoms with Gasteiger partial charge in [0.25, 0.3) is 11.8 Å². The van der Waals surface area contributed by atoms with Crippen LogP contribution in [0.2, 0.25) is 0 Å². The van der Waals surface area contributed by atoms with Crippen molar-refractivity contribution in [2.75, 3.05) is 38.1 Å². The van der Waals surface area contributed by atoms with Crippen molar-refractivity contribution in [1.82, 2.24) is 15.1 Å². The maximum Gasteiger partial charge on any atom is 0.329 e. The van der Waals surface area contributed by atoms with Crippen molar-refractivity contribution in [3.8, 4) is 0 Å². The molecule has 3 rings (SSSR count). The number of carbonyl (C=O) groups excluding carboxylic acids is 4. The van der Waals surface area contributed by atoms with Gasteiger partial charge in [-0.15, -0.1) is 0 Å². The smallest absolute Gasteiger partial charge is 0.329 e. The third-order valence-electron chi connectivity index (χ3n) is 5.61. The van der Waals surface area contributed by atoms with Gasteiger partial charge in [-0.2, -0.15) is 0 Å². The molecule has 1 aliphatic rings. The van der Waals surface area contributed by atoms with E-state index in [9.17, 15) is 23.6 Å². The number of hydrogen-bond donors (Lipinski definition) is 2. The molecule has 0 aliphatic carbocycles. The summed E-state index contributed by atoms with van der Waals surface area (Å²) in [5.74, 6) is -2.97. The summed E-state index contributed by atoms with van der Waals surface area (Å²) < 4.78 is 19.1. The summed E-state index contributed by atoms with van der Waals surface area (Å²) in [6, 6.07) is 13.2. The van der Waals surface area contributed by atoms with Gasteiger partial charge in [-0.1, -0.05) is 44.2 Å². The molecule has 1 heterocycles. The number of carbonyl (C=O) groups is 4. The van der Waals surface area contributed by atoms with Crippen LogP contribution in [0.5, 0.6) is 0 Å². The number of hydrogen-bond acceptors (Lipinski definition) is 5. The molecule has 1 atom stereocenters. The zero-order valence-corrected chi connectivity index (χ0v) is 19.7. The zero-order valence-electron chi connectivity index (χ0n) is 19.7. The van der Waals surface area contributed by atoms with Gasteiger partial charge in [0.1, 0.15) is 11.9 Å². The average Bonchev–Trinajstić information content (AvgIpc) is 2.86. The van der Waals surface area contributed by atoms with Crippen LogP contribution in [0.1, 0.15) is 24.2 Å². The third kappa shape index (κ3) is 7.02. The van der Waals surface area contributed by atoms with Crippen molar-refractivity contribution in [2.45, 2.75) is 19.9 Å². The lowest BCUT2D eigenvalue weighted by Gasteiger charge is -2.34. The monoisotopic (exact) mass is 484 g/mol. The number of urea groups is 1. The highest BCUT2D eigenvalue weighted by atomic mass is 19.1. The van der Waals surface area contributed by atoms with Crippen molar-refractivity contribution < 1.29 is 28.3 Å². The van der Waals surface area contributed by atoms with E-state index in [1.807, 2.05) is 18.2 Å². The van der Waals surface area contributed by atoms with Crippen LogP contribution in [0.4, 0.5) is 14.9 Å². The van der Waals surface area contributed by atoms with E-state index in [1.54, 1.807) is 30.9 Å². The van der Waals surface area contributed by atoms with E-state index in [-0.39, 0.29) is 17.5 Å². The quantitative estimate of drug-likeness (QED) is 0.587. The van der Waals surface area contributed by atoms with E-state index >= 15 is 0 Å². The second-order valence-electron chi connectivity index (χ2n) is 8.45. The van der Waals surface area contributed by atoms with Gasteiger partial charge in [0.2, 0.25) is 0 Å². The van der Waals surface area contributed by atoms with Gasteiger partial charge in [0.15, 0.2) is 6.61 Å². The summed E-state index contributed by atoms with van der Waals surface area (Å²) in [4.78, 5) is 53.0. The number of ether oxygens (including phenoxy) is 1. The number of halogens is 1. The van der Waals surface area contributed by atoms with Crippen LogP contribution >= 0.6 is 0 Å². The van der Waals surface area contributed by atoms with Crippen LogP contribution in [0.15, 0.2) is 54.6 Å². The summed E-state index contributed by atoms with van der Waals surface area (Å²) in [6.07, 6.45) is 0. The highest BCUT2D eigenvalue weighted by molar-refractivity contribution is 5.97. The number of amides is 4. The Morgan fingerprint density at radius 3 is 2.14 bits per heavy atom. The second-order valence-corrected chi connectivity index (χ2v) is 8.45. The molecule has 0 bridgehead atoms. The molecular weight excluding hydrogens is 455 g/mol. The minimum Gasteiger partial charge on any atom is -0.454 e. The Morgan fingerprint density at radius 1 is 0.914 bits per heavy atom. The molecule has 0 radical (unpaired) electrons. The third-order valence-corrected chi connectivity index (χ3v) is 5.61. The first-order valence-electron chi connectivity index (χ1n) is 11.4. The van der Waals surface area contributed by atoms with E-state index < -0.39 is 36.2 Å². The average molecular weight is 485 g/mol. The number of piperazine rings is 1. The van der Waals surface area contributed by atoms with Crippen molar-refractivity contribution in [2.24, 2.45) is 5.92 Å². The Hall–Kier alpha value is -3.95. The fraction of sp³-hybridized carbons (Fsp3) is 0.360. The van der Waals surface area contributed by atoms with Crippen LogP contribution in [0.25, 0.3) is 0 Å². The van der Waals surface area contributed by atoms with Crippen molar-refractivity contribution in [3.05, 3.63) is 66.0 Å². The fourth-order valence-electron chi connectivity index (χ4n) is 3.56. The van der Waals surface area contributed by atoms with Crippen molar-refractivity contribution in [3.63, 3.8) is 0 Å². The van der Waals surface area contributed by atoms with E-state index in [0.29, 0.717) is 31.9 Å². The summed E-state index contributed by atoms with van der Waals surface area (Å²) in [5, 5.41) is 5.29. The van der Waals surface area contributed by atoms with Gasteiger partial charge in [0.05, 0.1) is 5.56 Å². The molecule has 2 N–H and O–H groups in total. The first-order valence-corrected chi connectivity index (χ1v) is 11.4. The van der Waals surface area contributed by atoms with E-state index in [2.05, 4.69) is 10.6 Å². The number of nitrogens with one attached hydrogen (secondary N) is 2. The number of rotatable bonds is 7. The molecule has 35 heavy (non-hydrogen) atoms. The molecule has 4 amide bonds. The first-order chi connectivity index (χ1) is 16.8.